The highest BCUT2D eigenvalue weighted by molar-refractivity contribution is 5.65. The third kappa shape index (κ3) is 5.50. The Bertz CT molecular complexity index is 745. The minimum Gasteiger partial charge on any atom is -0.386 e. The lowest BCUT2D eigenvalue weighted by atomic mass is 9.96. The van der Waals surface area contributed by atoms with Gasteiger partial charge in [-0.1, -0.05) is 0 Å². The molecule has 3 atom stereocenters. The number of aliphatic hydroxyl groups is 1. The van der Waals surface area contributed by atoms with Crippen molar-refractivity contribution >= 4 is 17.5 Å². The van der Waals surface area contributed by atoms with Gasteiger partial charge in [-0.2, -0.15) is 33.4 Å². The topological polar surface area (TPSA) is 107 Å². The zero-order valence-corrected chi connectivity index (χ0v) is 14.8. The molecule has 0 aliphatic heterocycles. The van der Waals surface area contributed by atoms with Crippen LogP contribution in [0.3, 0.4) is 0 Å². The Hall–Kier alpha value is -2.48. The Morgan fingerprint density at radius 3 is 2.44 bits per heavy atom. The van der Waals surface area contributed by atoms with Crippen LogP contribution < -0.4 is 10.6 Å². The van der Waals surface area contributed by atoms with Crippen LogP contribution in [0.15, 0.2) is 5.83 Å². The van der Waals surface area contributed by atoms with E-state index in [0.29, 0.717) is 6.42 Å². The molecular weight excluding hydrogens is 368 g/mol. The molecule has 1 aliphatic carbocycles. The molecule has 0 saturated heterocycles. The predicted molar refractivity (Wildman–Crippen MR) is 90.2 cm³/mol. The van der Waals surface area contributed by atoms with E-state index < -0.39 is 24.1 Å². The summed E-state index contributed by atoms with van der Waals surface area (Å²) in [7, 11) is 0. The number of alkyl halides is 3. The van der Waals surface area contributed by atoms with Crippen LogP contribution in [0.25, 0.3) is 5.57 Å². The van der Waals surface area contributed by atoms with Crippen LogP contribution in [0.2, 0.25) is 0 Å². The van der Waals surface area contributed by atoms with Crippen molar-refractivity contribution in [1.82, 2.24) is 15.0 Å². The number of rotatable bonds is 6. The van der Waals surface area contributed by atoms with Gasteiger partial charge in [0, 0.05) is 11.6 Å². The Balaban J connectivity index is 2.42. The van der Waals surface area contributed by atoms with Crippen molar-refractivity contribution in [2.24, 2.45) is 0 Å². The fourth-order valence-electron chi connectivity index (χ4n) is 2.46. The molecule has 0 fully saturated rings. The number of anilines is 2. The molecule has 27 heavy (non-hydrogen) atoms. The van der Waals surface area contributed by atoms with Gasteiger partial charge in [0.15, 0.2) is 5.82 Å². The van der Waals surface area contributed by atoms with Gasteiger partial charge in [-0.05, 0) is 33.1 Å². The van der Waals surface area contributed by atoms with Gasteiger partial charge < -0.3 is 15.7 Å². The minimum atomic E-state index is -4.53. The standard InChI is InChI=1S/C16H20F4N6O/c1-8(6-7-21)22-14-24-13(10-4-3-5-11(27)12(10)17)25-15(26-14)23-9(2)16(18,19)20/h8-9,11,27H,3-6H2,1-2H3,(H2,22,23,24,25,26)/t8?,9-,11?/m1/s1. The van der Waals surface area contributed by atoms with Gasteiger partial charge in [-0.15, -0.1) is 0 Å². The first kappa shape index (κ1) is 20.8. The van der Waals surface area contributed by atoms with Crippen LogP contribution in [0.4, 0.5) is 29.5 Å². The quantitative estimate of drug-likeness (QED) is 0.643. The fourth-order valence-corrected chi connectivity index (χ4v) is 2.46. The summed E-state index contributed by atoms with van der Waals surface area (Å²) in [5, 5.41) is 23.4. The SMILES string of the molecule is CC(CC#N)Nc1nc(N[C@H](C)C(F)(F)F)nc(C2=C(F)C(O)CCC2)n1. The molecular formula is C16H20F4N6O. The zero-order valence-electron chi connectivity index (χ0n) is 14.8. The summed E-state index contributed by atoms with van der Waals surface area (Å²) in [4.78, 5) is 11.8. The lowest BCUT2D eigenvalue weighted by Crippen LogP contribution is -2.34. The number of aromatic nitrogens is 3. The van der Waals surface area contributed by atoms with Crippen molar-refractivity contribution in [1.29, 1.82) is 5.26 Å². The number of allylic oxidation sites excluding steroid dienone is 1. The van der Waals surface area contributed by atoms with Crippen molar-refractivity contribution in [3.63, 3.8) is 0 Å². The number of hydrogen-bond acceptors (Lipinski definition) is 7. The van der Waals surface area contributed by atoms with Gasteiger partial charge in [0.25, 0.3) is 0 Å². The summed E-state index contributed by atoms with van der Waals surface area (Å²) >= 11 is 0. The van der Waals surface area contributed by atoms with Crippen molar-refractivity contribution in [2.45, 2.75) is 63.9 Å². The molecule has 1 aromatic heterocycles. The number of nitrogens with zero attached hydrogens (tertiary/aromatic N) is 4. The third-order valence-electron chi connectivity index (χ3n) is 4.00. The van der Waals surface area contributed by atoms with Crippen LogP contribution in [0, 0.1) is 11.3 Å². The first-order valence-corrected chi connectivity index (χ1v) is 8.41. The predicted octanol–water partition coefficient (Wildman–Crippen LogP) is 3.17. The summed E-state index contributed by atoms with van der Waals surface area (Å²) in [5.74, 6) is -1.40. The van der Waals surface area contributed by atoms with Gasteiger partial charge >= 0.3 is 6.18 Å². The van der Waals surface area contributed by atoms with E-state index in [2.05, 4.69) is 25.6 Å². The molecule has 1 aliphatic rings. The van der Waals surface area contributed by atoms with Crippen molar-refractivity contribution in [2.75, 3.05) is 10.6 Å². The number of halogens is 4. The fraction of sp³-hybridized carbons (Fsp3) is 0.625. The molecule has 1 aromatic rings. The van der Waals surface area contributed by atoms with E-state index in [9.17, 15) is 22.7 Å². The normalized spacial score (nSPS) is 20.0. The van der Waals surface area contributed by atoms with Crippen LogP contribution >= 0.6 is 0 Å². The average molecular weight is 388 g/mol. The van der Waals surface area contributed by atoms with Gasteiger partial charge in [-0.3, -0.25) is 0 Å². The summed E-state index contributed by atoms with van der Waals surface area (Å²) in [6.45, 7) is 2.57. The maximum absolute atomic E-state index is 14.3. The number of hydrogen-bond donors (Lipinski definition) is 3. The van der Waals surface area contributed by atoms with Crippen molar-refractivity contribution in [3.05, 3.63) is 11.7 Å². The first-order chi connectivity index (χ1) is 12.6. The summed E-state index contributed by atoms with van der Waals surface area (Å²) in [5.41, 5.74) is 0.0369. The molecule has 0 saturated carbocycles. The van der Waals surface area contributed by atoms with E-state index in [4.69, 9.17) is 5.26 Å². The molecule has 0 bridgehead atoms. The van der Waals surface area contributed by atoms with Gasteiger partial charge in [0.1, 0.15) is 18.0 Å². The maximum Gasteiger partial charge on any atom is 0.408 e. The van der Waals surface area contributed by atoms with E-state index in [-0.39, 0.29) is 48.6 Å². The highest BCUT2D eigenvalue weighted by atomic mass is 19.4. The second-order valence-electron chi connectivity index (χ2n) is 6.36. The van der Waals surface area contributed by atoms with E-state index in [1.54, 1.807) is 6.92 Å². The van der Waals surface area contributed by atoms with Crippen LogP contribution in [-0.4, -0.2) is 44.4 Å². The average Bonchev–Trinajstić information content (AvgIpc) is 2.56. The number of nitrogens with one attached hydrogen (secondary N) is 2. The summed E-state index contributed by atoms with van der Waals surface area (Å²) in [6.07, 6.45) is -4.72. The second-order valence-corrected chi connectivity index (χ2v) is 6.36. The largest absolute Gasteiger partial charge is 0.408 e. The molecule has 1 heterocycles. The van der Waals surface area contributed by atoms with Crippen LogP contribution in [0.1, 0.15) is 45.4 Å². The number of nitriles is 1. The highest BCUT2D eigenvalue weighted by Crippen LogP contribution is 2.32. The van der Waals surface area contributed by atoms with Crippen molar-refractivity contribution < 1.29 is 22.7 Å². The number of aliphatic hydroxyl groups excluding tert-OH is 1. The molecule has 2 unspecified atom stereocenters. The molecule has 7 nitrogen and oxygen atoms in total. The molecule has 0 amide bonds. The van der Waals surface area contributed by atoms with E-state index in [1.165, 1.54) is 0 Å². The van der Waals surface area contributed by atoms with Gasteiger partial charge in [0.05, 0.1) is 12.5 Å². The molecule has 11 heteroatoms. The molecule has 0 aromatic carbocycles. The van der Waals surface area contributed by atoms with Gasteiger partial charge in [-0.25, -0.2) is 4.39 Å². The Morgan fingerprint density at radius 1 is 1.22 bits per heavy atom. The van der Waals surface area contributed by atoms with Gasteiger partial charge in [0.2, 0.25) is 11.9 Å². The summed E-state index contributed by atoms with van der Waals surface area (Å²) in [6, 6.07) is -0.373. The molecule has 0 radical (unpaired) electrons. The monoisotopic (exact) mass is 388 g/mol. The van der Waals surface area contributed by atoms with Crippen molar-refractivity contribution in [3.8, 4) is 6.07 Å². The maximum atomic E-state index is 14.3. The van der Waals surface area contributed by atoms with E-state index in [1.807, 2.05) is 6.07 Å². The molecule has 2 rings (SSSR count). The Kier molecular flexibility index (Phi) is 6.54. The zero-order chi connectivity index (χ0) is 20.2. The lowest BCUT2D eigenvalue weighted by Gasteiger charge is -2.21. The smallest absolute Gasteiger partial charge is 0.386 e. The molecule has 3 N–H and O–H groups in total. The van der Waals surface area contributed by atoms with E-state index in [0.717, 1.165) is 6.92 Å². The Labute approximate surface area is 153 Å². The minimum absolute atomic E-state index is 0.0369. The second kappa shape index (κ2) is 8.47. The Morgan fingerprint density at radius 2 is 1.85 bits per heavy atom. The molecule has 0 spiro atoms. The lowest BCUT2D eigenvalue weighted by molar-refractivity contribution is -0.138. The van der Waals surface area contributed by atoms with Crippen LogP contribution in [-0.2, 0) is 0 Å². The highest BCUT2D eigenvalue weighted by Gasteiger charge is 2.36. The summed E-state index contributed by atoms with van der Waals surface area (Å²) < 4.78 is 52.8. The van der Waals surface area contributed by atoms with Crippen LogP contribution in [0.5, 0.6) is 0 Å². The molecule has 148 valence electrons. The first-order valence-electron chi connectivity index (χ1n) is 8.41. The third-order valence-corrected chi connectivity index (χ3v) is 4.00. The van der Waals surface area contributed by atoms with E-state index >= 15 is 0 Å².